The summed E-state index contributed by atoms with van der Waals surface area (Å²) >= 11 is 0. The molecule has 0 aliphatic carbocycles. The van der Waals surface area contributed by atoms with Crippen molar-refractivity contribution in [2.24, 2.45) is 0 Å². The Kier molecular flexibility index (Phi) is 3.66. The molecule has 104 valence electrons. The fourth-order valence-electron chi connectivity index (χ4n) is 2.33. The fourth-order valence-corrected chi connectivity index (χ4v) is 2.33. The predicted octanol–water partition coefficient (Wildman–Crippen LogP) is 1.26. The molecule has 0 aromatic heterocycles. The van der Waals surface area contributed by atoms with E-state index < -0.39 is 5.60 Å². The largest absolute Gasteiger partial charge is 0.493 e. The molecule has 1 fully saturated rings. The Labute approximate surface area is 113 Å². The Morgan fingerprint density at radius 2 is 2.32 bits per heavy atom. The van der Waals surface area contributed by atoms with E-state index in [0.29, 0.717) is 43.1 Å². The van der Waals surface area contributed by atoms with Crippen LogP contribution < -0.4 is 10.5 Å². The molecule has 5 heteroatoms. The molecule has 0 saturated carbocycles. The minimum Gasteiger partial charge on any atom is -0.493 e. The van der Waals surface area contributed by atoms with Crippen LogP contribution in [-0.2, 0) is 0 Å². The summed E-state index contributed by atoms with van der Waals surface area (Å²) < 4.78 is 5.46. The van der Waals surface area contributed by atoms with E-state index in [9.17, 15) is 9.90 Å². The lowest BCUT2D eigenvalue weighted by Gasteiger charge is -2.21. The van der Waals surface area contributed by atoms with Crippen LogP contribution in [0.15, 0.2) is 18.2 Å². The Hall–Kier alpha value is -1.75. The molecular formula is C14H20N2O3. The third-order valence-corrected chi connectivity index (χ3v) is 3.31. The van der Waals surface area contributed by atoms with Gasteiger partial charge in [-0.05, 0) is 32.4 Å². The van der Waals surface area contributed by atoms with Crippen molar-refractivity contribution in [1.82, 2.24) is 4.90 Å². The number of carbonyl (C=O) groups excluding carboxylic acids is 1. The van der Waals surface area contributed by atoms with Gasteiger partial charge in [0.25, 0.3) is 5.91 Å². The lowest BCUT2D eigenvalue weighted by Crippen LogP contribution is -2.34. The van der Waals surface area contributed by atoms with E-state index in [1.54, 1.807) is 30.0 Å². The van der Waals surface area contributed by atoms with Crippen LogP contribution in [-0.4, -0.2) is 41.2 Å². The van der Waals surface area contributed by atoms with Crippen molar-refractivity contribution < 1.29 is 14.6 Å². The minimum atomic E-state index is -0.815. The number of ether oxygens (including phenoxy) is 1. The van der Waals surface area contributed by atoms with Crippen molar-refractivity contribution in [1.29, 1.82) is 0 Å². The number of β-amino-alcohol motifs (C(OH)–C–C–N with tert-alkyl or cyclic N) is 1. The van der Waals surface area contributed by atoms with Gasteiger partial charge in [0.05, 0.1) is 12.2 Å². The smallest absolute Gasteiger partial charge is 0.259 e. The number of aliphatic hydroxyl groups is 1. The molecule has 5 nitrogen and oxygen atoms in total. The summed E-state index contributed by atoms with van der Waals surface area (Å²) in [6.45, 7) is 4.93. The number of hydrogen-bond donors (Lipinski definition) is 2. The van der Waals surface area contributed by atoms with E-state index in [4.69, 9.17) is 10.5 Å². The lowest BCUT2D eigenvalue weighted by atomic mass is 10.1. The van der Waals surface area contributed by atoms with Gasteiger partial charge < -0.3 is 20.5 Å². The van der Waals surface area contributed by atoms with Crippen LogP contribution in [0.2, 0.25) is 0 Å². The second-order valence-corrected chi connectivity index (χ2v) is 5.13. The van der Waals surface area contributed by atoms with Crippen molar-refractivity contribution in [3.8, 4) is 5.75 Å². The molecule has 3 N–H and O–H groups in total. The number of likely N-dealkylation sites (tertiary alicyclic amines) is 1. The zero-order valence-corrected chi connectivity index (χ0v) is 11.3. The SMILES string of the molecule is CCOc1cccc(N)c1C(=O)N1CCC(C)(O)C1. The van der Waals surface area contributed by atoms with Gasteiger partial charge in [-0.2, -0.15) is 0 Å². The number of hydrogen-bond acceptors (Lipinski definition) is 4. The van der Waals surface area contributed by atoms with Crippen molar-refractivity contribution >= 4 is 11.6 Å². The maximum absolute atomic E-state index is 12.5. The Morgan fingerprint density at radius 1 is 1.58 bits per heavy atom. The Morgan fingerprint density at radius 3 is 2.89 bits per heavy atom. The Bertz CT molecular complexity index is 486. The first-order valence-electron chi connectivity index (χ1n) is 6.47. The number of benzene rings is 1. The van der Waals surface area contributed by atoms with E-state index in [-0.39, 0.29) is 5.91 Å². The Balaban J connectivity index is 2.29. The topological polar surface area (TPSA) is 75.8 Å². The molecule has 1 aliphatic rings. The molecule has 1 unspecified atom stereocenters. The zero-order valence-electron chi connectivity index (χ0n) is 11.3. The van der Waals surface area contributed by atoms with Gasteiger partial charge in [-0.1, -0.05) is 6.07 Å². The number of nitrogens with zero attached hydrogens (tertiary/aromatic N) is 1. The van der Waals surface area contributed by atoms with Gasteiger partial charge in [0.15, 0.2) is 0 Å². The van der Waals surface area contributed by atoms with E-state index in [0.717, 1.165) is 0 Å². The van der Waals surface area contributed by atoms with Crippen molar-refractivity contribution in [2.45, 2.75) is 25.9 Å². The summed E-state index contributed by atoms with van der Waals surface area (Å²) in [6, 6.07) is 5.18. The quantitative estimate of drug-likeness (QED) is 0.806. The number of nitrogens with two attached hydrogens (primary N) is 1. The molecule has 1 aliphatic heterocycles. The predicted molar refractivity (Wildman–Crippen MR) is 73.2 cm³/mol. The second-order valence-electron chi connectivity index (χ2n) is 5.13. The first-order valence-corrected chi connectivity index (χ1v) is 6.47. The highest BCUT2D eigenvalue weighted by Gasteiger charge is 2.35. The standard InChI is InChI=1S/C14H20N2O3/c1-3-19-11-6-4-5-10(15)12(11)13(17)16-8-7-14(2,18)9-16/h4-6,18H,3,7-9,15H2,1-2H3. The lowest BCUT2D eigenvalue weighted by molar-refractivity contribution is 0.0570. The maximum Gasteiger partial charge on any atom is 0.259 e. The average Bonchev–Trinajstić information content (AvgIpc) is 2.70. The average molecular weight is 264 g/mol. The van der Waals surface area contributed by atoms with Crippen LogP contribution in [0.3, 0.4) is 0 Å². The molecule has 1 aromatic carbocycles. The number of carbonyl (C=O) groups is 1. The third-order valence-electron chi connectivity index (χ3n) is 3.31. The van der Waals surface area contributed by atoms with Crippen LogP contribution in [0.1, 0.15) is 30.6 Å². The number of anilines is 1. The summed E-state index contributed by atoms with van der Waals surface area (Å²) in [4.78, 5) is 14.1. The molecule has 1 heterocycles. The summed E-state index contributed by atoms with van der Waals surface area (Å²) in [5, 5.41) is 9.95. The molecule has 1 saturated heterocycles. The molecule has 1 aromatic rings. The number of nitrogen functional groups attached to an aromatic ring is 1. The highest BCUT2D eigenvalue weighted by molar-refractivity contribution is 6.02. The van der Waals surface area contributed by atoms with Gasteiger partial charge >= 0.3 is 0 Å². The monoisotopic (exact) mass is 264 g/mol. The van der Waals surface area contributed by atoms with E-state index in [2.05, 4.69) is 0 Å². The van der Waals surface area contributed by atoms with Crippen LogP contribution in [0.4, 0.5) is 5.69 Å². The molecule has 1 atom stereocenters. The van der Waals surface area contributed by atoms with Crippen LogP contribution >= 0.6 is 0 Å². The number of amides is 1. The van der Waals surface area contributed by atoms with Crippen molar-refractivity contribution in [2.75, 3.05) is 25.4 Å². The van der Waals surface area contributed by atoms with E-state index in [1.165, 1.54) is 0 Å². The molecular weight excluding hydrogens is 244 g/mol. The van der Waals surface area contributed by atoms with Crippen molar-refractivity contribution in [3.63, 3.8) is 0 Å². The van der Waals surface area contributed by atoms with Gasteiger partial charge in [0.1, 0.15) is 11.3 Å². The van der Waals surface area contributed by atoms with Crippen LogP contribution in [0.5, 0.6) is 5.75 Å². The van der Waals surface area contributed by atoms with Crippen LogP contribution in [0, 0.1) is 0 Å². The van der Waals surface area contributed by atoms with Gasteiger partial charge in [-0.15, -0.1) is 0 Å². The normalized spacial score (nSPS) is 22.6. The van der Waals surface area contributed by atoms with Gasteiger partial charge in [-0.3, -0.25) is 4.79 Å². The molecule has 0 radical (unpaired) electrons. The van der Waals surface area contributed by atoms with Gasteiger partial charge in [0.2, 0.25) is 0 Å². The maximum atomic E-state index is 12.5. The molecule has 0 bridgehead atoms. The van der Waals surface area contributed by atoms with E-state index >= 15 is 0 Å². The first-order chi connectivity index (χ1) is 8.94. The van der Waals surface area contributed by atoms with E-state index in [1.807, 2.05) is 6.92 Å². The summed E-state index contributed by atoms with van der Waals surface area (Å²) in [7, 11) is 0. The molecule has 1 amide bonds. The summed E-state index contributed by atoms with van der Waals surface area (Å²) in [5.74, 6) is 0.318. The number of rotatable bonds is 3. The van der Waals surface area contributed by atoms with Gasteiger partial charge in [0, 0.05) is 18.8 Å². The van der Waals surface area contributed by atoms with Gasteiger partial charge in [-0.25, -0.2) is 0 Å². The molecule has 0 spiro atoms. The highest BCUT2D eigenvalue weighted by Crippen LogP contribution is 2.29. The van der Waals surface area contributed by atoms with Crippen LogP contribution in [0.25, 0.3) is 0 Å². The fraction of sp³-hybridized carbons (Fsp3) is 0.500. The molecule has 19 heavy (non-hydrogen) atoms. The zero-order chi connectivity index (χ0) is 14.0. The highest BCUT2D eigenvalue weighted by atomic mass is 16.5. The molecule has 2 rings (SSSR count). The summed E-state index contributed by atoms with van der Waals surface area (Å²) in [5.41, 5.74) is 5.88. The third kappa shape index (κ3) is 2.81. The summed E-state index contributed by atoms with van der Waals surface area (Å²) in [6.07, 6.45) is 0.579. The first kappa shape index (κ1) is 13.7. The minimum absolute atomic E-state index is 0.181. The van der Waals surface area contributed by atoms with Crippen molar-refractivity contribution in [3.05, 3.63) is 23.8 Å². The second kappa shape index (κ2) is 5.09.